The number of carbonyl (C=O) groups is 1. The maximum Gasteiger partial charge on any atom is 0.243 e. The summed E-state index contributed by atoms with van der Waals surface area (Å²) in [5.41, 5.74) is 4.47. The van der Waals surface area contributed by atoms with Crippen LogP contribution < -0.4 is 10.1 Å². The maximum absolute atomic E-state index is 12.7. The number of nitrogens with one attached hydrogen (secondary N) is 1. The van der Waals surface area contributed by atoms with Gasteiger partial charge in [0.15, 0.2) is 0 Å². The SMILES string of the molecule is COc1ccc(S(=O)(=O)N(C)CC(=O)NC(C)c2cc(C)c(C)cc2C)cc1. The van der Waals surface area contributed by atoms with Gasteiger partial charge in [-0.05, 0) is 74.2 Å². The zero-order chi connectivity index (χ0) is 21.1. The Hall–Kier alpha value is -2.38. The molecule has 0 aliphatic heterocycles. The first-order chi connectivity index (χ1) is 13.1. The predicted molar refractivity (Wildman–Crippen MR) is 110 cm³/mol. The van der Waals surface area contributed by atoms with Crippen molar-refractivity contribution in [1.82, 2.24) is 9.62 Å². The Morgan fingerprint density at radius 2 is 1.64 bits per heavy atom. The van der Waals surface area contributed by atoms with Gasteiger partial charge in [0.05, 0.1) is 24.6 Å². The number of likely N-dealkylation sites (N-methyl/N-ethyl adjacent to an activating group) is 1. The Balaban J connectivity index is 2.08. The number of hydrogen-bond donors (Lipinski definition) is 1. The Morgan fingerprint density at radius 1 is 1.07 bits per heavy atom. The minimum absolute atomic E-state index is 0.113. The van der Waals surface area contributed by atoms with Crippen molar-refractivity contribution in [3.63, 3.8) is 0 Å². The fourth-order valence-corrected chi connectivity index (χ4v) is 4.16. The predicted octanol–water partition coefficient (Wildman–Crippen LogP) is 3.12. The highest BCUT2D eigenvalue weighted by molar-refractivity contribution is 7.89. The minimum Gasteiger partial charge on any atom is -0.497 e. The van der Waals surface area contributed by atoms with Gasteiger partial charge in [-0.1, -0.05) is 12.1 Å². The van der Waals surface area contributed by atoms with Gasteiger partial charge in [0.2, 0.25) is 15.9 Å². The van der Waals surface area contributed by atoms with Crippen LogP contribution in [-0.4, -0.2) is 39.3 Å². The third-order valence-electron chi connectivity index (χ3n) is 4.86. The lowest BCUT2D eigenvalue weighted by atomic mass is 9.96. The van der Waals surface area contributed by atoms with E-state index in [1.54, 1.807) is 12.1 Å². The summed E-state index contributed by atoms with van der Waals surface area (Å²) >= 11 is 0. The average Bonchev–Trinajstić information content (AvgIpc) is 2.64. The largest absolute Gasteiger partial charge is 0.497 e. The Morgan fingerprint density at radius 3 is 2.21 bits per heavy atom. The van der Waals surface area contributed by atoms with Gasteiger partial charge in [-0.3, -0.25) is 4.79 Å². The van der Waals surface area contributed by atoms with Gasteiger partial charge in [0, 0.05) is 7.05 Å². The molecule has 28 heavy (non-hydrogen) atoms. The molecule has 0 aliphatic rings. The lowest BCUT2D eigenvalue weighted by Gasteiger charge is -2.21. The number of hydrogen-bond acceptors (Lipinski definition) is 4. The lowest BCUT2D eigenvalue weighted by molar-refractivity contribution is -0.121. The van der Waals surface area contributed by atoms with Gasteiger partial charge in [-0.15, -0.1) is 0 Å². The topological polar surface area (TPSA) is 75.7 Å². The fraction of sp³-hybridized carbons (Fsp3) is 0.381. The summed E-state index contributed by atoms with van der Waals surface area (Å²) in [4.78, 5) is 12.6. The van der Waals surface area contributed by atoms with E-state index in [0.717, 1.165) is 21.0 Å². The third kappa shape index (κ3) is 4.91. The molecule has 0 aliphatic carbocycles. The first-order valence-electron chi connectivity index (χ1n) is 9.03. The molecule has 2 aromatic carbocycles. The van der Waals surface area contributed by atoms with E-state index in [1.807, 2.05) is 27.7 Å². The van der Waals surface area contributed by atoms with E-state index in [9.17, 15) is 13.2 Å². The van der Waals surface area contributed by atoms with E-state index >= 15 is 0 Å². The molecular formula is C21H28N2O4S. The van der Waals surface area contributed by atoms with Crippen LogP contribution in [0.1, 0.15) is 35.2 Å². The molecular weight excluding hydrogens is 376 g/mol. The highest BCUT2D eigenvalue weighted by atomic mass is 32.2. The van der Waals surface area contributed by atoms with Crippen molar-refractivity contribution < 1.29 is 17.9 Å². The zero-order valence-electron chi connectivity index (χ0n) is 17.2. The molecule has 2 aromatic rings. The first kappa shape index (κ1) is 21.9. The van der Waals surface area contributed by atoms with Crippen molar-refractivity contribution in [1.29, 1.82) is 0 Å². The summed E-state index contributed by atoms with van der Waals surface area (Å²) < 4.78 is 31.4. The van der Waals surface area contributed by atoms with Crippen LogP contribution in [0.25, 0.3) is 0 Å². The van der Waals surface area contributed by atoms with E-state index in [4.69, 9.17) is 4.74 Å². The molecule has 1 unspecified atom stereocenters. The van der Waals surface area contributed by atoms with Crippen molar-refractivity contribution in [3.05, 3.63) is 58.7 Å². The molecule has 2 rings (SSSR count). The number of benzene rings is 2. The number of nitrogens with zero attached hydrogens (tertiary/aromatic N) is 1. The molecule has 1 amide bonds. The standard InChI is InChI=1S/C21H28N2O4S/c1-14-11-16(3)20(12-15(14)2)17(4)22-21(24)13-23(5)28(25,26)19-9-7-18(27-6)8-10-19/h7-12,17H,13H2,1-6H3,(H,22,24). The van der Waals surface area contributed by atoms with Crippen LogP contribution in [0.3, 0.4) is 0 Å². The van der Waals surface area contributed by atoms with Gasteiger partial charge >= 0.3 is 0 Å². The van der Waals surface area contributed by atoms with Crippen LogP contribution >= 0.6 is 0 Å². The second kappa shape index (κ2) is 8.75. The normalized spacial score (nSPS) is 12.7. The Bertz CT molecular complexity index is 953. The molecule has 0 fully saturated rings. The zero-order valence-corrected chi connectivity index (χ0v) is 18.1. The number of sulfonamides is 1. The van der Waals surface area contributed by atoms with Crippen LogP contribution in [0, 0.1) is 20.8 Å². The molecule has 7 heteroatoms. The van der Waals surface area contributed by atoms with Gasteiger partial charge in [0.1, 0.15) is 5.75 Å². The molecule has 6 nitrogen and oxygen atoms in total. The quantitative estimate of drug-likeness (QED) is 0.769. The van der Waals surface area contributed by atoms with Crippen molar-refractivity contribution in [3.8, 4) is 5.75 Å². The summed E-state index contributed by atoms with van der Waals surface area (Å²) in [6.45, 7) is 7.72. The second-order valence-corrected chi connectivity index (χ2v) is 9.06. The second-order valence-electron chi connectivity index (χ2n) is 7.02. The summed E-state index contributed by atoms with van der Waals surface area (Å²) in [7, 11) is -0.857. The molecule has 1 N–H and O–H groups in total. The van der Waals surface area contributed by atoms with Crippen LogP contribution in [-0.2, 0) is 14.8 Å². The molecule has 1 atom stereocenters. The molecule has 152 valence electrons. The van der Waals surface area contributed by atoms with Crippen LogP contribution in [0.15, 0.2) is 41.3 Å². The summed E-state index contributed by atoms with van der Waals surface area (Å²) in [5.74, 6) is 0.210. The number of rotatable bonds is 7. The molecule has 0 bridgehead atoms. The molecule has 0 spiro atoms. The van der Waals surface area contributed by atoms with Gasteiger partial charge in [0.25, 0.3) is 0 Å². The smallest absolute Gasteiger partial charge is 0.243 e. The number of ether oxygens (including phenoxy) is 1. The number of amides is 1. The summed E-state index contributed by atoms with van der Waals surface area (Å²) in [5, 5.41) is 2.89. The van der Waals surface area contributed by atoms with Crippen molar-refractivity contribution in [2.75, 3.05) is 20.7 Å². The first-order valence-corrected chi connectivity index (χ1v) is 10.5. The Kier molecular flexibility index (Phi) is 6.85. The van der Waals surface area contributed by atoms with E-state index in [-0.39, 0.29) is 23.4 Å². The van der Waals surface area contributed by atoms with Crippen LogP contribution in [0.5, 0.6) is 5.75 Å². The van der Waals surface area contributed by atoms with E-state index < -0.39 is 10.0 Å². The number of aryl methyl sites for hydroxylation is 3. The fourth-order valence-electron chi connectivity index (χ4n) is 3.03. The Labute approximate surface area is 167 Å². The highest BCUT2D eigenvalue weighted by Crippen LogP contribution is 2.22. The van der Waals surface area contributed by atoms with Crippen molar-refractivity contribution in [2.24, 2.45) is 0 Å². The van der Waals surface area contributed by atoms with Crippen LogP contribution in [0.4, 0.5) is 0 Å². The summed E-state index contributed by atoms with van der Waals surface area (Å²) in [6.07, 6.45) is 0. The highest BCUT2D eigenvalue weighted by Gasteiger charge is 2.24. The van der Waals surface area contributed by atoms with Gasteiger partial charge in [-0.2, -0.15) is 4.31 Å². The van der Waals surface area contributed by atoms with E-state index in [2.05, 4.69) is 17.4 Å². The third-order valence-corrected chi connectivity index (χ3v) is 6.68. The van der Waals surface area contributed by atoms with Crippen LogP contribution in [0.2, 0.25) is 0 Å². The lowest BCUT2D eigenvalue weighted by Crippen LogP contribution is -2.39. The van der Waals surface area contributed by atoms with E-state index in [1.165, 1.54) is 31.9 Å². The molecule has 0 heterocycles. The van der Waals surface area contributed by atoms with Crippen molar-refractivity contribution >= 4 is 15.9 Å². The number of carbonyl (C=O) groups excluding carboxylic acids is 1. The monoisotopic (exact) mass is 404 g/mol. The minimum atomic E-state index is -3.76. The number of methoxy groups -OCH3 is 1. The molecule has 0 saturated carbocycles. The van der Waals surface area contributed by atoms with Crippen molar-refractivity contribution in [2.45, 2.75) is 38.6 Å². The molecule has 0 saturated heterocycles. The van der Waals surface area contributed by atoms with E-state index in [0.29, 0.717) is 5.75 Å². The van der Waals surface area contributed by atoms with Gasteiger partial charge < -0.3 is 10.1 Å². The maximum atomic E-state index is 12.7. The molecule has 0 aromatic heterocycles. The summed E-state index contributed by atoms with van der Waals surface area (Å²) in [6, 6.07) is 10.0. The molecule has 0 radical (unpaired) electrons. The van der Waals surface area contributed by atoms with Gasteiger partial charge in [-0.25, -0.2) is 8.42 Å². The average molecular weight is 405 g/mol.